The smallest absolute Gasteiger partial charge is 0.269 e. The van der Waals surface area contributed by atoms with Crippen LogP contribution in [-0.4, -0.2) is 11.5 Å². The third kappa shape index (κ3) is 3.43. The summed E-state index contributed by atoms with van der Waals surface area (Å²) in [6.45, 7) is 3.75. The molecule has 1 fully saturated rings. The molecule has 1 aliphatic carbocycles. The van der Waals surface area contributed by atoms with Crippen molar-refractivity contribution in [3.63, 3.8) is 0 Å². The lowest BCUT2D eigenvalue weighted by Gasteiger charge is -2.12. The van der Waals surface area contributed by atoms with Gasteiger partial charge in [-0.25, -0.2) is 0 Å². The van der Waals surface area contributed by atoms with E-state index in [-0.39, 0.29) is 5.69 Å². The molecule has 0 spiro atoms. The summed E-state index contributed by atoms with van der Waals surface area (Å²) in [4.78, 5) is 10.3. The van der Waals surface area contributed by atoms with Gasteiger partial charge in [0.1, 0.15) is 0 Å². The molecule has 0 saturated heterocycles. The zero-order valence-corrected chi connectivity index (χ0v) is 11.1. The van der Waals surface area contributed by atoms with Crippen LogP contribution in [0.25, 0.3) is 0 Å². The van der Waals surface area contributed by atoms with Crippen molar-refractivity contribution in [3.8, 4) is 0 Å². The predicted octanol–water partition coefficient (Wildman–Crippen LogP) is 3.38. The van der Waals surface area contributed by atoms with Crippen molar-refractivity contribution >= 4 is 17.3 Å². The van der Waals surface area contributed by atoms with E-state index in [0.717, 1.165) is 18.0 Å². The third-order valence-corrected chi connectivity index (χ3v) is 3.82. The number of rotatable bonds is 6. The number of hydrogen-bond donors (Lipinski definition) is 1. The molecule has 18 heavy (non-hydrogen) atoms. The van der Waals surface area contributed by atoms with Crippen molar-refractivity contribution in [1.82, 2.24) is 5.32 Å². The second kappa shape index (κ2) is 5.67. The normalized spacial score (nSPS) is 16.6. The van der Waals surface area contributed by atoms with Crippen molar-refractivity contribution in [2.45, 2.75) is 26.3 Å². The van der Waals surface area contributed by atoms with Crippen LogP contribution < -0.4 is 5.32 Å². The summed E-state index contributed by atoms with van der Waals surface area (Å²) in [5, 5.41) is 14.6. The number of halogens is 1. The highest BCUT2D eigenvalue weighted by Gasteiger charge is 2.27. The van der Waals surface area contributed by atoms with Gasteiger partial charge >= 0.3 is 0 Å². The minimum Gasteiger partial charge on any atom is -0.312 e. The zero-order valence-electron chi connectivity index (χ0n) is 10.4. The van der Waals surface area contributed by atoms with Crippen molar-refractivity contribution < 1.29 is 4.92 Å². The Morgan fingerprint density at radius 2 is 2.28 bits per heavy atom. The maximum absolute atomic E-state index is 10.7. The monoisotopic (exact) mass is 268 g/mol. The van der Waals surface area contributed by atoms with Gasteiger partial charge in [-0.05, 0) is 42.9 Å². The number of nitro groups is 1. The average molecular weight is 269 g/mol. The highest BCUT2D eigenvalue weighted by molar-refractivity contribution is 6.31. The molecule has 4 nitrogen and oxygen atoms in total. The molecule has 1 aromatic carbocycles. The van der Waals surface area contributed by atoms with Crippen LogP contribution in [0.4, 0.5) is 5.69 Å². The van der Waals surface area contributed by atoms with Crippen LogP contribution in [0, 0.1) is 22.0 Å². The summed E-state index contributed by atoms with van der Waals surface area (Å²) < 4.78 is 0. The molecular formula is C13H17ClN2O2. The largest absolute Gasteiger partial charge is 0.312 e. The molecule has 0 amide bonds. The van der Waals surface area contributed by atoms with Gasteiger partial charge in [-0.3, -0.25) is 10.1 Å². The SMILES string of the molecule is CC(CNCc1cc([N+](=O)[O-])ccc1Cl)C1CC1. The molecule has 0 bridgehead atoms. The molecule has 5 heteroatoms. The van der Waals surface area contributed by atoms with Crippen molar-refractivity contribution in [3.05, 3.63) is 38.9 Å². The van der Waals surface area contributed by atoms with E-state index in [4.69, 9.17) is 11.6 Å². The Labute approximate surface area is 111 Å². The fourth-order valence-corrected chi connectivity index (χ4v) is 2.26. The Kier molecular flexibility index (Phi) is 4.19. The first-order valence-corrected chi connectivity index (χ1v) is 6.59. The van der Waals surface area contributed by atoms with Crippen molar-refractivity contribution in [2.75, 3.05) is 6.54 Å². The number of benzene rings is 1. The lowest BCUT2D eigenvalue weighted by molar-refractivity contribution is -0.384. The van der Waals surface area contributed by atoms with Crippen molar-refractivity contribution in [2.24, 2.45) is 11.8 Å². The summed E-state index contributed by atoms with van der Waals surface area (Å²) in [5.74, 6) is 1.53. The number of nitrogens with one attached hydrogen (secondary N) is 1. The van der Waals surface area contributed by atoms with E-state index in [2.05, 4.69) is 12.2 Å². The first-order chi connectivity index (χ1) is 8.58. The van der Waals surface area contributed by atoms with E-state index in [1.54, 1.807) is 6.07 Å². The Balaban J connectivity index is 1.91. The van der Waals surface area contributed by atoms with Gasteiger partial charge in [0.25, 0.3) is 5.69 Å². The Morgan fingerprint density at radius 3 is 2.89 bits per heavy atom. The van der Waals surface area contributed by atoms with Crippen molar-refractivity contribution in [1.29, 1.82) is 0 Å². The molecule has 1 atom stereocenters. The number of nitrogens with zero attached hydrogens (tertiary/aromatic N) is 1. The van der Waals surface area contributed by atoms with Gasteiger partial charge in [-0.15, -0.1) is 0 Å². The number of nitro benzene ring substituents is 1. The summed E-state index contributed by atoms with van der Waals surface area (Å²) in [6.07, 6.45) is 2.67. The van der Waals surface area contributed by atoms with E-state index in [1.165, 1.54) is 25.0 Å². The van der Waals surface area contributed by atoms with Gasteiger partial charge in [0.05, 0.1) is 4.92 Å². The van der Waals surface area contributed by atoms with Crippen LogP contribution in [0.15, 0.2) is 18.2 Å². The van der Waals surface area contributed by atoms with E-state index in [0.29, 0.717) is 17.5 Å². The highest BCUT2D eigenvalue weighted by atomic mass is 35.5. The van der Waals surface area contributed by atoms with Crippen LogP contribution >= 0.6 is 11.6 Å². The lowest BCUT2D eigenvalue weighted by atomic mass is 10.1. The Bertz CT molecular complexity index is 447. The summed E-state index contributed by atoms with van der Waals surface area (Å²) in [7, 11) is 0. The molecule has 1 aromatic rings. The molecular weight excluding hydrogens is 252 g/mol. The predicted molar refractivity (Wildman–Crippen MR) is 71.7 cm³/mol. The highest BCUT2D eigenvalue weighted by Crippen LogP contribution is 2.36. The molecule has 1 saturated carbocycles. The van der Waals surface area contributed by atoms with Crippen LogP contribution in [0.1, 0.15) is 25.3 Å². The lowest BCUT2D eigenvalue weighted by Crippen LogP contribution is -2.22. The minimum atomic E-state index is -0.396. The molecule has 98 valence electrons. The van der Waals surface area contributed by atoms with Gasteiger partial charge < -0.3 is 5.32 Å². The maximum atomic E-state index is 10.7. The first kappa shape index (κ1) is 13.3. The number of hydrogen-bond acceptors (Lipinski definition) is 3. The van der Waals surface area contributed by atoms with E-state index >= 15 is 0 Å². The summed E-state index contributed by atoms with van der Waals surface area (Å²) in [6, 6.07) is 4.55. The Hall–Kier alpha value is -1.13. The molecule has 0 radical (unpaired) electrons. The van der Waals surface area contributed by atoms with E-state index in [1.807, 2.05) is 0 Å². The van der Waals surface area contributed by atoms with Gasteiger partial charge in [-0.1, -0.05) is 18.5 Å². The third-order valence-electron chi connectivity index (χ3n) is 3.45. The number of non-ortho nitro benzene ring substituents is 1. The van der Waals surface area contributed by atoms with Crippen LogP contribution in [-0.2, 0) is 6.54 Å². The zero-order chi connectivity index (χ0) is 13.1. The van der Waals surface area contributed by atoms with Gasteiger partial charge in [-0.2, -0.15) is 0 Å². The van der Waals surface area contributed by atoms with Crippen LogP contribution in [0.2, 0.25) is 5.02 Å². The molecule has 1 N–H and O–H groups in total. The standard InChI is InChI=1S/C13H17ClN2O2/c1-9(10-2-3-10)7-15-8-11-6-12(16(17)18)4-5-13(11)14/h4-6,9-10,15H,2-3,7-8H2,1H3. The molecule has 1 aliphatic rings. The fourth-order valence-electron chi connectivity index (χ4n) is 2.08. The Morgan fingerprint density at radius 1 is 1.56 bits per heavy atom. The summed E-state index contributed by atoms with van der Waals surface area (Å²) in [5.41, 5.74) is 0.875. The minimum absolute atomic E-state index is 0.0893. The average Bonchev–Trinajstić information content (AvgIpc) is 3.15. The second-order valence-electron chi connectivity index (χ2n) is 4.98. The molecule has 0 aromatic heterocycles. The first-order valence-electron chi connectivity index (χ1n) is 6.21. The van der Waals surface area contributed by atoms with Crippen LogP contribution in [0.3, 0.4) is 0 Å². The quantitative estimate of drug-likeness (QED) is 0.636. The fraction of sp³-hybridized carbons (Fsp3) is 0.538. The molecule has 1 unspecified atom stereocenters. The van der Waals surface area contributed by atoms with Crippen LogP contribution in [0.5, 0.6) is 0 Å². The molecule has 2 rings (SSSR count). The van der Waals surface area contributed by atoms with Gasteiger partial charge in [0, 0.05) is 23.7 Å². The summed E-state index contributed by atoms with van der Waals surface area (Å²) >= 11 is 6.03. The topological polar surface area (TPSA) is 55.2 Å². The molecule has 0 heterocycles. The molecule has 0 aliphatic heterocycles. The van der Waals surface area contributed by atoms with E-state index in [9.17, 15) is 10.1 Å². The van der Waals surface area contributed by atoms with Gasteiger partial charge in [0.15, 0.2) is 0 Å². The second-order valence-corrected chi connectivity index (χ2v) is 5.39. The van der Waals surface area contributed by atoms with Gasteiger partial charge in [0.2, 0.25) is 0 Å². The van der Waals surface area contributed by atoms with E-state index < -0.39 is 4.92 Å². The maximum Gasteiger partial charge on any atom is 0.269 e.